The van der Waals surface area contributed by atoms with E-state index in [1.54, 1.807) is 0 Å². The van der Waals surface area contributed by atoms with Gasteiger partial charge in [-0.25, -0.2) is 4.98 Å². The Morgan fingerprint density at radius 2 is 2.11 bits per heavy atom. The van der Waals surface area contributed by atoms with E-state index in [0.29, 0.717) is 0 Å². The second-order valence-corrected chi connectivity index (χ2v) is 5.76. The van der Waals surface area contributed by atoms with Crippen molar-refractivity contribution in [3.63, 3.8) is 0 Å². The molecule has 0 aliphatic rings. The molecule has 108 valence electrons. The maximum Gasteiger partial charge on any atom is 0.128 e. The van der Waals surface area contributed by atoms with E-state index in [9.17, 15) is 0 Å². The van der Waals surface area contributed by atoms with Crippen LogP contribution in [-0.2, 0) is 13.0 Å². The van der Waals surface area contributed by atoms with Gasteiger partial charge in [-0.3, -0.25) is 0 Å². The molecule has 1 aromatic heterocycles. The average Bonchev–Trinajstić information content (AvgIpc) is 2.42. The van der Waals surface area contributed by atoms with E-state index in [0.717, 1.165) is 44.0 Å². The number of anilines is 1. The quantitative estimate of drug-likeness (QED) is 0.753. The van der Waals surface area contributed by atoms with Gasteiger partial charge in [0, 0.05) is 31.6 Å². The summed E-state index contributed by atoms with van der Waals surface area (Å²) in [6.07, 6.45) is 4.35. The lowest BCUT2D eigenvalue weighted by Crippen LogP contribution is -2.22. The zero-order chi connectivity index (χ0) is 14.1. The summed E-state index contributed by atoms with van der Waals surface area (Å²) in [5.74, 6) is 2.24. The van der Waals surface area contributed by atoms with E-state index in [4.69, 9.17) is 4.98 Å². The molecule has 0 saturated carbocycles. The van der Waals surface area contributed by atoms with Crippen LogP contribution in [0.2, 0.25) is 0 Å². The highest BCUT2D eigenvalue weighted by Gasteiger charge is 2.06. The Labute approximate surface area is 122 Å². The van der Waals surface area contributed by atoms with Gasteiger partial charge < -0.3 is 10.2 Å². The van der Waals surface area contributed by atoms with E-state index in [-0.39, 0.29) is 0 Å². The number of aryl methyl sites for hydroxylation is 1. The molecule has 0 saturated heterocycles. The lowest BCUT2D eigenvalue weighted by Gasteiger charge is -2.19. The third-order valence-electron chi connectivity index (χ3n) is 3.03. The van der Waals surface area contributed by atoms with Crippen molar-refractivity contribution >= 4 is 17.6 Å². The van der Waals surface area contributed by atoms with Crippen molar-refractivity contribution in [2.24, 2.45) is 0 Å². The van der Waals surface area contributed by atoms with Gasteiger partial charge in [0.15, 0.2) is 0 Å². The van der Waals surface area contributed by atoms with E-state index in [1.807, 2.05) is 11.8 Å². The van der Waals surface area contributed by atoms with Crippen LogP contribution in [0.25, 0.3) is 0 Å². The molecule has 19 heavy (non-hydrogen) atoms. The van der Waals surface area contributed by atoms with Gasteiger partial charge in [-0.2, -0.15) is 11.8 Å². The first-order valence-corrected chi connectivity index (χ1v) is 8.51. The maximum atomic E-state index is 4.77. The van der Waals surface area contributed by atoms with Crippen LogP contribution in [0.3, 0.4) is 0 Å². The lowest BCUT2D eigenvalue weighted by atomic mass is 10.1. The van der Waals surface area contributed by atoms with Crippen molar-refractivity contribution in [1.29, 1.82) is 0 Å². The van der Waals surface area contributed by atoms with Crippen molar-refractivity contribution in [2.45, 2.75) is 33.2 Å². The first-order valence-electron chi connectivity index (χ1n) is 7.11. The lowest BCUT2D eigenvalue weighted by molar-refractivity contribution is 0.722. The van der Waals surface area contributed by atoms with Gasteiger partial charge in [-0.15, -0.1) is 0 Å². The molecule has 1 heterocycles. The van der Waals surface area contributed by atoms with Crippen molar-refractivity contribution in [3.05, 3.63) is 23.4 Å². The number of aromatic nitrogens is 1. The van der Waals surface area contributed by atoms with Gasteiger partial charge in [0.1, 0.15) is 5.82 Å². The third-order valence-corrected chi connectivity index (χ3v) is 3.62. The van der Waals surface area contributed by atoms with Gasteiger partial charge in [0.25, 0.3) is 0 Å². The average molecular weight is 281 g/mol. The van der Waals surface area contributed by atoms with E-state index in [1.165, 1.54) is 11.3 Å². The largest absolute Gasteiger partial charge is 0.359 e. The van der Waals surface area contributed by atoms with Gasteiger partial charge in [-0.1, -0.05) is 20.3 Å². The van der Waals surface area contributed by atoms with Gasteiger partial charge >= 0.3 is 0 Å². The molecule has 4 heteroatoms. The molecule has 1 aromatic rings. The monoisotopic (exact) mass is 281 g/mol. The van der Waals surface area contributed by atoms with Crippen molar-refractivity contribution in [1.82, 2.24) is 10.3 Å². The van der Waals surface area contributed by atoms with E-state index < -0.39 is 0 Å². The number of nitrogens with one attached hydrogen (secondary N) is 1. The Morgan fingerprint density at radius 3 is 2.74 bits per heavy atom. The Balaban J connectivity index is 2.84. The standard InChI is InChI=1S/C15H27N3S/c1-5-7-14-10-13(12-16-6-2)11-15(17-14)18(3)8-9-19-4/h10-11,16H,5-9,12H2,1-4H3. The van der Waals surface area contributed by atoms with Crippen LogP contribution < -0.4 is 10.2 Å². The molecule has 0 bridgehead atoms. The van der Waals surface area contributed by atoms with Gasteiger partial charge in [0.2, 0.25) is 0 Å². The number of hydrogen-bond donors (Lipinski definition) is 1. The predicted octanol–water partition coefficient (Wildman–Crippen LogP) is 2.94. The van der Waals surface area contributed by atoms with Crippen molar-refractivity contribution < 1.29 is 0 Å². The molecule has 1 rings (SSSR count). The molecule has 0 aliphatic heterocycles. The highest BCUT2D eigenvalue weighted by atomic mass is 32.2. The smallest absolute Gasteiger partial charge is 0.128 e. The fourth-order valence-electron chi connectivity index (χ4n) is 1.93. The summed E-state index contributed by atoms with van der Waals surface area (Å²) < 4.78 is 0. The summed E-state index contributed by atoms with van der Waals surface area (Å²) in [4.78, 5) is 7.03. The second kappa shape index (κ2) is 9.21. The number of thioether (sulfide) groups is 1. The molecule has 0 atom stereocenters. The fraction of sp³-hybridized carbons (Fsp3) is 0.667. The van der Waals surface area contributed by atoms with Gasteiger partial charge in [0.05, 0.1) is 0 Å². The normalized spacial score (nSPS) is 10.7. The minimum Gasteiger partial charge on any atom is -0.359 e. The molecule has 0 unspecified atom stereocenters. The third kappa shape index (κ3) is 5.83. The molecule has 3 nitrogen and oxygen atoms in total. The molecular formula is C15H27N3S. The summed E-state index contributed by atoms with van der Waals surface area (Å²) in [5.41, 5.74) is 2.55. The zero-order valence-corrected chi connectivity index (χ0v) is 13.5. The number of hydrogen-bond acceptors (Lipinski definition) is 4. The SMILES string of the molecule is CCCc1cc(CNCC)cc(N(C)CCSC)n1. The van der Waals surface area contributed by atoms with Crippen molar-refractivity contribution in [2.75, 3.05) is 37.0 Å². The Morgan fingerprint density at radius 1 is 1.32 bits per heavy atom. The topological polar surface area (TPSA) is 28.2 Å². The van der Waals surface area contributed by atoms with Crippen LogP contribution in [0, 0.1) is 0 Å². The molecule has 0 spiro atoms. The Kier molecular flexibility index (Phi) is 7.91. The summed E-state index contributed by atoms with van der Waals surface area (Å²) in [6.45, 7) is 7.32. The molecule has 0 aromatic carbocycles. The van der Waals surface area contributed by atoms with E-state index >= 15 is 0 Å². The number of pyridine rings is 1. The molecule has 0 aliphatic carbocycles. The minimum absolute atomic E-state index is 0.930. The molecule has 1 N–H and O–H groups in total. The Hall–Kier alpha value is -0.740. The molecular weight excluding hydrogens is 254 g/mol. The first-order chi connectivity index (χ1) is 9.21. The van der Waals surface area contributed by atoms with Crippen molar-refractivity contribution in [3.8, 4) is 0 Å². The minimum atomic E-state index is 0.930. The summed E-state index contributed by atoms with van der Waals surface area (Å²) in [7, 11) is 2.13. The second-order valence-electron chi connectivity index (χ2n) is 4.77. The highest BCUT2D eigenvalue weighted by Crippen LogP contribution is 2.16. The number of nitrogens with zero attached hydrogens (tertiary/aromatic N) is 2. The van der Waals surface area contributed by atoms with Crippen LogP contribution >= 0.6 is 11.8 Å². The van der Waals surface area contributed by atoms with E-state index in [2.05, 4.69) is 49.5 Å². The van der Waals surface area contributed by atoms with Crippen LogP contribution in [0.4, 0.5) is 5.82 Å². The van der Waals surface area contributed by atoms with Gasteiger partial charge in [-0.05, 0) is 36.9 Å². The van der Waals surface area contributed by atoms with Crippen LogP contribution in [0.15, 0.2) is 12.1 Å². The first kappa shape index (κ1) is 16.3. The fourth-order valence-corrected chi connectivity index (χ4v) is 2.38. The maximum absolute atomic E-state index is 4.77. The predicted molar refractivity (Wildman–Crippen MR) is 87.3 cm³/mol. The van der Waals surface area contributed by atoms with Crippen LogP contribution in [0.5, 0.6) is 0 Å². The molecule has 0 amide bonds. The molecule has 0 radical (unpaired) electrons. The summed E-state index contributed by atoms with van der Waals surface area (Å²) >= 11 is 1.88. The van der Waals surface area contributed by atoms with Crippen LogP contribution in [0.1, 0.15) is 31.5 Å². The summed E-state index contributed by atoms with van der Waals surface area (Å²) in [6, 6.07) is 4.44. The summed E-state index contributed by atoms with van der Waals surface area (Å²) in [5, 5.41) is 3.39. The number of rotatable bonds is 9. The van der Waals surface area contributed by atoms with Crippen LogP contribution in [-0.4, -0.2) is 37.1 Å². The highest BCUT2D eigenvalue weighted by molar-refractivity contribution is 7.98. The zero-order valence-electron chi connectivity index (χ0n) is 12.7. The Bertz CT molecular complexity index is 368. The molecule has 0 fully saturated rings.